The van der Waals surface area contributed by atoms with Crippen molar-refractivity contribution in [2.45, 2.75) is 0 Å². The van der Waals surface area contributed by atoms with Gasteiger partial charge in [-0.3, -0.25) is 24.6 Å². The van der Waals surface area contributed by atoms with Crippen LogP contribution in [0.25, 0.3) is 0 Å². The first-order valence-electron chi connectivity index (χ1n) is 7.72. The minimum Gasteiger partial charge on any atom is -0.325 e. The molecule has 0 heterocycles. The minimum atomic E-state index is -0.634. The molecule has 2 rings (SSSR count). The van der Waals surface area contributed by atoms with Crippen LogP contribution in [-0.4, -0.2) is 41.8 Å². The van der Waals surface area contributed by atoms with Crippen LogP contribution in [0.3, 0.4) is 0 Å². The third-order valence-corrected chi connectivity index (χ3v) is 3.87. The van der Waals surface area contributed by atoms with E-state index in [4.69, 9.17) is 23.2 Å². The minimum absolute atomic E-state index is 0.0356. The second-order valence-electron chi connectivity index (χ2n) is 5.69. The number of carbonyl (C=O) groups is 2. The topological polar surface area (TPSA) is 105 Å². The Bertz CT molecular complexity index is 859. The third kappa shape index (κ3) is 6.52. The number of halogens is 2. The van der Waals surface area contributed by atoms with E-state index in [0.29, 0.717) is 10.7 Å². The summed E-state index contributed by atoms with van der Waals surface area (Å²) in [6.45, 7) is -0.174. The summed E-state index contributed by atoms with van der Waals surface area (Å²) in [5.41, 5.74) is 0.312. The lowest BCUT2D eigenvalue weighted by Crippen LogP contribution is -2.36. The predicted molar refractivity (Wildman–Crippen MR) is 104 cm³/mol. The molecule has 8 nitrogen and oxygen atoms in total. The molecule has 10 heteroatoms. The van der Waals surface area contributed by atoms with Gasteiger partial charge in [0.15, 0.2) is 0 Å². The largest absolute Gasteiger partial charge is 0.325 e. The Balaban J connectivity index is 1.89. The number of anilines is 2. The highest BCUT2D eigenvalue weighted by Crippen LogP contribution is 2.27. The summed E-state index contributed by atoms with van der Waals surface area (Å²) in [6.07, 6.45) is 0. The average molecular weight is 411 g/mol. The van der Waals surface area contributed by atoms with E-state index >= 15 is 0 Å². The van der Waals surface area contributed by atoms with Crippen molar-refractivity contribution in [2.75, 3.05) is 30.8 Å². The molecule has 27 heavy (non-hydrogen) atoms. The van der Waals surface area contributed by atoms with E-state index in [0.717, 1.165) is 6.07 Å². The van der Waals surface area contributed by atoms with Crippen LogP contribution in [0.2, 0.25) is 10.0 Å². The zero-order valence-electron chi connectivity index (χ0n) is 14.2. The fourth-order valence-electron chi connectivity index (χ4n) is 2.23. The number of nitro benzene ring substituents is 1. The zero-order valence-corrected chi connectivity index (χ0v) is 15.8. The molecule has 0 saturated heterocycles. The van der Waals surface area contributed by atoms with E-state index in [-0.39, 0.29) is 35.4 Å². The van der Waals surface area contributed by atoms with Crippen LogP contribution in [0.5, 0.6) is 0 Å². The fourth-order valence-corrected chi connectivity index (χ4v) is 2.52. The molecule has 0 aliphatic heterocycles. The highest BCUT2D eigenvalue weighted by Gasteiger charge is 2.18. The van der Waals surface area contributed by atoms with Crippen molar-refractivity contribution in [3.05, 3.63) is 62.6 Å². The number of amides is 2. The van der Waals surface area contributed by atoms with Crippen LogP contribution in [0.4, 0.5) is 17.1 Å². The van der Waals surface area contributed by atoms with E-state index in [9.17, 15) is 19.7 Å². The molecule has 2 aromatic rings. The van der Waals surface area contributed by atoms with Crippen molar-refractivity contribution in [1.29, 1.82) is 0 Å². The Morgan fingerprint density at radius 3 is 2.15 bits per heavy atom. The maximum atomic E-state index is 12.1. The zero-order chi connectivity index (χ0) is 20.0. The number of rotatable bonds is 7. The van der Waals surface area contributed by atoms with Gasteiger partial charge in [0, 0.05) is 21.8 Å². The van der Waals surface area contributed by atoms with Gasteiger partial charge in [-0.05, 0) is 43.4 Å². The summed E-state index contributed by atoms with van der Waals surface area (Å²) >= 11 is 11.5. The van der Waals surface area contributed by atoms with Gasteiger partial charge in [0.25, 0.3) is 5.69 Å². The van der Waals surface area contributed by atoms with Gasteiger partial charge in [-0.1, -0.05) is 23.2 Å². The van der Waals surface area contributed by atoms with Crippen molar-refractivity contribution >= 4 is 52.1 Å². The molecule has 0 aliphatic rings. The van der Waals surface area contributed by atoms with Crippen LogP contribution in [0.15, 0.2) is 42.5 Å². The van der Waals surface area contributed by atoms with Gasteiger partial charge in [0.2, 0.25) is 11.8 Å². The Hall–Kier alpha value is -2.68. The summed E-state index contributed by atoms with van der Waals surface area (Å²) in [7, 11) is 1.58. The molecule has 0 fully saturated rings. The van der Waals surface area contributed by atoms with Crippen molar-refractivity contribution in [3.63, 3.8) is 0 Å². The molecule has 0 aromatic heterocycles. The second-order valence-corrected chi connectivity index (χ2v) is 6.57. The number of hydrogen-bond donors (Lipinski definition) is 2. The van der Waals surface area contributed by atoms with E-state index in [1.54, 1.807) is 31.3 Å². The van der Waals surface area contributed by atoms with Gasteiger partial charge in [-0.25, -0.2) is 0 Å². The number of carbonyl (C=O) groups excluding carboxylic acids is 2. The van der Waals surface area contributed by atoms with E-state index in [1.165, 1.54) is 17.0 Å². The van der Waals surface area contributed by atoms with Gasteiger partial charge < -0.3 is 10.6 Å². The van der Waals surface area contributed by atoms with Crippen LogP contribution in [-0.2, 0) is 9.59 Å². The van der Waals surface area contributed by atoms with Crippen LogP contribution in [0.1, 0.15) is 0 Å². The fraction of sp³-hybridized carbons (Fsp3) is 0.176. The number of likely N-dealkylation sites (N-methyl/N-ethyl adjacent to an activating group) is 1. The van der Waals surface area contributed by atoms with Crippen LogP contribution in [0, 0.1) is 10.1 Å². The van der Waals surface area contributed by atoms with Gasteiger partial charge in [-0.2, -0.15) is 0 Å². The Morgan fingerprint density at radius 2 is 1.56 bits per heavy atom. The first-order valence-corrected chi connectivity index (χ1v) is 8.48. The molecule has 2 amide bonds. The summed E-state index contributed by atoms with van der Waals surface area (Å²) < 4.78 is 0. The second kappa shape index (κ2) is 9.31. The molecule has 0 atom stereocenters. The molecule has 2 N–H and O–H groups in total. The van der Waals surface area contributed by atoms with E-state index in [2.05, 4.69) is 10.6 Å². The maximum absolute atomic E-state index is 12.1. The number of benzene rings is 2. The first kappa shape index (κ1) is 20.6. The molecule has 0 spiro atoms. The molecule has 2 aromatic carbocycles. The lowest BCUT2D eigenvalue weighted by Gasteiger charge is -2.16. The van der Waals surface area contributed by atoms with Gasteiger partial charge in [-0.15, -0.1) is 0 Å². The molecule has 0 saturated carbocycles. The molecule has 142 valence electrons. The molecule has 0 aliphatic carbocycles. The number of hydrogen-bond acceptors (Lipinski definition) is 5. The van der Waals surface area contributed by atoms with Gasteiger partial charge >= 0.3 is 0 Å². The third-order valence-electron chi connectivity index (χ3n) is 3.39. The molecule has 0 unspecified atom stereocenters. The number of nitrogens with one attached hydrogen (secondary N) is 2. The van der Waals surface area contributed by atoms with Gasteiger partial charge in [0.1, 0.15) is 5.69 Å². The highest BCUT2D eigenvalue weighted by atomic mass is 35.5. The maximum Gasteiger partial charge on any atom is 0.294 e. The predicted octanol–water partition coefficient (Wildman–Crippen LogP) is 3.41. The summed E-state index contributed by atoms with van der Waals surface area (Å²) in [5, 5.41) is 16.9. The molecule has 0 radical (unpaired) electrons. The van der Waals surface area contributed by atoms with Crippen LogP contribution >= 0.6 is 23.2 Å². The molecular formula is C17H16Cl2N4O4. The van der Waals surface area contributed by atoms with Crippen LogP contribution < -0.4 is 10.6 Å². The monoisotopic (exact) mass is 410 g/mol. The van der Waals surface area contributed by atoms with Crippen molar-refractivity contribution in [3.8, 4) is 0 Å². The van der Waals surface area contributed by atoms with Crippen molar-refractivity contribution in [2.24, 2.45) is 0 Å². The van der Waals surface area contributed by atoms with Gasteiger partial charge in [0.05, 0.1) is 18.0 Å². The summed E-state index contributed by atoms with van der Waals surface area (Å²) in [5.74, 6) is -0.813. The highest BCUT2D eigenvalue weighted by molar-refractivity contribution is 6.31. The lowest BCUT2D eigenvalue weighted by atomic mass is 10.2. The Morgan fingerprint density at radius 1 is 1.00 bits per heavy atom. The molecular weight excluding hydrogens is 395 g/mol. The van der Waals surface area contributed by atoms with E-state index in [1.807, 2.05) is 0 Å². The summed E-state index contributed by atoms with van der Waals surface area (Å²) in [6, 6.07) is 10.6. The Kier molecular flexibility index (Phi) is 7.12. The quantitative estimate of drug-likeness (QED) is 0.537. The van der Waals surface area contributed by atoms with Crippen molar-refractivity contribution < 1.29 is 14.5 Å². The standard InChI is InChI=1S/C17H16Cl2N4O4/c1-22(9-16(24)20-13-5-2-11(18)3-6-13)10-17(25)21-14-7-4-12(19)8-15(14)23(26)27/h2-8H,9-10H2,1H3,(H,20,24)(H,21,25). The summed E-state index contributed by atoms with van der Waals surface area (Å²) in [4.78, 5) is 36.0. The lowest BCUT2D eigenvalue weighted by molar-refractivity contribution is -0.383. The van der Waals surface area contributed by atoms with Crippen molar-refractivity contribution in [1.82, 2.24) is 4.90 Å². The normalized spacial score (nSPS) is 10.5. The van der Waals surface area contributed by atoms with E-state index < -0.39 is 10.8 Å². The smallest absolute Gasteiger partial charge is 0.294 e. The number of nitro groups is 1. The average Bonchev–Trinajstić information content (AvgIpc) is 2.58. The SMILES string of the molecule is CN(CC(=O)Nc1ccc(Cl)cc1)CC(=O)Nc1ccc(Cl)cc1[N+](=O)[O-]. The Labute approximate surface area is 165 Å². The molecule has 0 bridgehead atoms. The first-order chi connectivity index (χ1) is 12.7. The number of nitrogens with zero attached hydrogens (tertiary/aromatic N) is 2.